The van der Waals surface area contributed by atoms with Crippen molar-refractivity contribution in [2.45, 2.75) is 24.7 Å². The average molecular weight is 497 g/mol. The second-order valence-corrected chi connectivity index (χ2v) is 9.83. The summed E-state index contributed by atoms with van der Waals surface area (Å²) >= 11 is 0. The van der Waals surface area contributed by atoms with Crippen molar-refractivity contribution in [3.05, 3.63) is 90.0 Å². The molecule has 3 amide bonds. The molecule has 4 N–H and O–H groups in total. The number of hydroxylamine groups is 1. The SMILES string of the molecule is Cc1ccc(CCN(CCC(=O)NO)S(=O)(=O)c2ccc(NC(=O)Nc3ccccc3)cc2)cc1. The van der Waals surface area contributed by atoms with Crippen LogP contribution in [0.2, 0.25) is 0 Å². The van der Waals surface area contributed by atoms with Gasteiger partial charge in [-0.3, -0.25) is 10.0 Å². The molecule has 3 rings (SSSR count). The summed E-state index contributed by atoms with van der Waals surface area (Å²) in [5, 5.41) is 14.1. The molecule has 10 heteroatoms. The summed E-state index contributed by atoms with van der Waals surface area (Å²) in [4.78, 5) is 23.8. The maximum absolute atomic E-state index is 13.3. The number of carbonyl (C=O) groups is 2. The second kappa shape index (κ2) is 12.1. The van der Waals surface area contributed by atoms with Gasteiger partial charge in [0.1, 0.15) is 0 Å². The topological polar surface area (TPSA) is 128 Å². The van der Waals surface area contributed by atoms with Gasteiger partial charge in [-0.15, -0.1) is 0 Å². The van der Waals surface area contributed by atoms with Crippen LogP contribution in [0.15, 0.2) is 83.8 Å². The number of anilines is 2. The Balaban J connectivity index is 1.70. The molecule has 0 spiro atoms. The first kappa shape index (κ1) is 25.9. The molecule has 0 aliphatic carbocycles. The highest BCUT2D eigenvalue weighted by atomic mass is 32.2. The minimum absolute atomic E-state index is 0.0276. The van der Waals surface area contributed by atoms with Gasteiger partial charge in [-0.2, -0.15) is 4.31 Å². The molecule has 0 saturated heterocycles. The van der Waals surface area contributed by atoms with E-state index in [-0.39, 0.29) is 24.4 Å². The fourth-order valence-corrected chi connectivity index (χ4v) is 4.76. The fourth-order valence-electron chi connectivity index (χ4n) is 3.32. The van der Waals surface area contributed by atoms with Crippen LogP contribution in [0.3, 0.4) is 0 Å². The molecule has 0 unspecified atom stereocenters. The van der Waals surface area contributed by atoms with Crippen LogP contribution in [0.5, 0.6) is 0 Å². The minimum Gasteiger partial charge on any atom is -0.308 e. The predicted molar refractivity (Wildman–Crippen MR) is 134 cm³/mol. The van der Waals surface area contributed by atoms with Gasteiger partial charge in [0.05, 0.1) is 4.90 Å². The van der Waals surface area contributed by atoms with E-state index in [1.165, 1.54) is 34.1 Å². The molecule has 0 bridgehead atoms. The van der Waals surface area contributed by atoms with E-state index >= 15 is 0 Å². The number of nitrogens with one attached hydrogen (secondary N) is 3. The molecule has 0 aromatic heterocycles. The highest BCUT2D eigenvalue weighted by Gasteiger charge is 2.25. The van der Waals surface area contributed by atoms with Crippen molar-refractivity contribution in [3.63, 3.8) is 0 Å². The van der Waals surface area contributed by atoms with Crippen molar-refractivity contribution >= 4 is 33.3 Å². The van der Waals surface area contributed by atoms with Crippen LogP contribution in [0.1, 0.15) is 17.5 Å². The fraction of sp³-hybridized carbons (Fsp3) is 0.200. The summed E-state index contributed by atoms with van der Waals surface area (Å²) in [6, 6.07) is 22.0. The number of carbonyl (C=O) groups excluding carboxylic acids is 2. The van der Waals surface area contributed by atoms with Crippen LogP contribution in [0.25, 0.3) is 0 Å². The molecule has 9 nitrogen and oxygen atoms in total. The van der Waals surface area contributed by atoms with Crippen molar-refractivity contribution in [2.24, 2.45) is 0 Å². The van der Waals surface area contributed by atoms with Gasteiger partial charge in [0.2, 0.25) is 15.9 Å². The number of rotatable bonds is 10. The second-order valence-electron chi connectivity index (χ2n) is 7.89. The highest BCUT2D eigenvalue weighted by Crippen LogP contribution is 2.20. The largest absolute Gasteiger partial charge is 0.323 e. The van der Waals surface area contributed by atoms with Gasteiger partial charge in [0, 0.05) is 30.9 Å². The van der Waals surface area contributed by atoms with Crippen LogP contribution < -0.4 is 16.1 Å². The zero-order valence-corrected chi connectivity index (χ0v) is 20.1. The van der Waals surface area contributed by atoms with Gasteiger partial charge in [0.25, 0.3) is 0 Å². The number of benzene rings is 3. The summed E-state index contributed by atoms with van der Waals surface area (Å²) in [7, 11) is -3.93. The first-order chi connectivity index (χ1) is 16.8. The Kier molecular flexibility index (Phi) is 8.96. The molecule has 0 fully saturated rings. The van der Waals surface area contributed by atoms with E-state index in [2.05, 4.69) is 10.6 Å². The van der Waals surface area contributed by atoms with E-state index in [4.69, 9.17) is 5.21 Å². The summed E-state index contributed by atoms with van der Waals surface area (Å²) in [6.07, 6.45) is 0.266. The third kappa shape index (κ3) is 7.64. The zero-order valence-electron chi connectivity index (χ0n) is 19.3. The predicted octanol–water partition coefficient (Wildman–Crippen LogP) is 3.77. The van der Waals surface area contributed by atoms with Gasteiger partial charge in [-0.1, -0.05) is 48.0 Å². The lowest BCUT2D eigenvalue weighted by molar-refractivity contribution is -0.129. The van der Waals surface area contributed by atoms with Crippen molar-refractivity contribution < 1.29 is 23.2 Å². The lowest BCUT2D eigenvalue weighted by Gasteiger charge is -2.22. The summed E-state index contributed by atoms with van der Waals surface area (Å²) in [5.74, 6) is -0.676. The van der Waals surface area contributed by atoms with Crippen molar-refractivity contribution in [3.8, 4) is 0 Å². The van der Waals surface area contributed by atoms with Crippen molar-refractivity contribution in [2.75, 3.05) is 23.7 Å². The number of para-hydroxylation sites is 1. The Hall–Kier alpha value is -3.73. The standard InChI is InChI=1S/C25H28N4O5S/c1-19-7-9-20(10-8-19)15-17-29(18-16-24(30)28-32)35(33,34)23-13-11-22(12-14-23)27-25(31)26-21-5-3-2-4-6-21/h2-14,32H,15-18H2,1H3,(H,28,30)(H2,26,27,31). The number of sulfonamides is 1. The van der Waals surface area contributed by atoms with Crippen molar-refractivity contribution in [1.29, 1.82) is 0 Å². The van der Waals surface area contributed by atoms with E-state index in [0.717, 1.165) is 11.1 Å². The summed E-state index contributed by atoms with van der Waals surface area (Å²) in [5.41, 5.74) is 4.64. The van der Waals surface area contributed by atoms with E-state index < -0.39 is 22.0 Å². The molecule has 3 aromatic carbocycles. The van der Waals surface area contributed by atoms with Crippen LogP contribution in [0, 0.1) is 6.92 Å². The quantitative estimate of drug-likeness (QED) is 0.251. The van der Waals surface area contributed by atoms with Gasteiger partial charge in [-0.05, 0) is 55.3 Å². The maximum atomic E-state index is 13.3. The Morgan fingerprint density at radius 3 is 2.03 bits per heavy atom. The smallest absolute Gasteiger partial charge is 0.308 e. The Morgan fingerprint density at radius 1 is 0.829 bits per heavy atom. The van der Waals surface area contributed by atoms with Crippen LogP contribution in [0.4, 0.5) is 16.2 Å². The van der Waals surface area contributed by atoms with E-state index in [1.807, 2.05) is 37.3 Å². The van der Waals surface area contributed by atoms with Crippen LogP contribution in [-0.4, -0.2) is 43.0 Å². The molecule has 0 saturated carbocycles. The molecule has 184 valence electrons. The molecular formula is C25H28N4O5S. The third-order valence-corrected chi connectivity index (χ3v) is 7.18. The van der Waals surface area contributed by atoms with Gasteiger partial charge in [-0.25, -0.2) is 18.7 Å². The monoisotopic (exact) mass is 496 g/mol. The first-order valence-electron chi connectivity index (χ1n) is 11.0. The molecule has 0 heterocycles. The minimum atomic E-state index is -3.93. The van der Waals surface area contributed by atoms with Gasteiger partial charge in [0.15, 0.2) is 0 Å². The van der Waals surface area contributed by atoms with Crippen molar-refractivity contribution in [1.82, 2.24) is 9.79 Å². The summed E-state index contributed by atoms with van der Waals surface area (Å²) < 4.78 is 27.8. The number of hydrogen-bond donors (Lipinski definition) is 4. The molecule has 0 aliphatic heterocycles. The average Bonchev–Trinajstić information content (AvgIpc) is 2.85. The number of hydrogen-bond acceptors (Lipinski definition) is 5. The molecule has 3 aromatic rings. The molecule has 0 aliphatic rings. The van der Waals surface area contributed by atoms with E-state index in [9.17, 15) is 18.0 Å². The van der Waals surface area contributed by atoms with E-state index in [0.29, 0.717) is 17.8 Å². The van der Waals surface area contributed by atoms with Gasteiger partial charge < -0.3 is 10.6 Å². The summed E-state index contributed by atoms with van der Waals surface area (Å²) in [6.45, 7) is 2.03. The maximum Gasteiger partial charge on any atom is 0.323 e. The number of amides is 3. The van der Waals surface area contributed by atoms with Crippen LogP contribution in [-0.2, 0) is 21.2 Å². The number of aryl methyl sites for hydroxylation is 1. The first-order valence-corrected chi connectivity index (χ1v) is 12.4. The van der Waals surface area contributed by atoms with E-state index in [1.54, 1.807) is 24.3 Å². The normalized spacial score (nSPS) is 11.2. The lowest BCUT2D eigenvalue weighted by Crippen LogP contribution is -2.36. The number of urea groups is 1. The molecular weight excluding hydrogens is 468 g/mol. The Morgan fingerprint density at radius 2 is 1.43 bits per heavy atom. The Labute approximate surface area is 204 Å². The van der Waals surface area contributed by atoms with Gasteiger partial charge >= 0.3 is 6.03 Å². The molecule has 0 atom stereocenters. The number of nitrogens with zero attached hydrogens (tertiary/aromatic N) is 1. The lowest BCUT2D eigenvalue weighted by atomic mass is 10.1. The molecule has 0 radical (unpaired) electrons. The van der Waals surface area contributed by atoms with Crippen LogP contribution >= 0.6 is 0 Å². The third-order valence-electron chi connectivity index (χ3n) is 5.27. The Bertz CT molecular complexity index is 1230. The molecule has 35 heavy (non-hydrogen) atoms. The zero-order chi connectivity index (χ0) is 25.3. The highest BCUT2D eigenvalue weighted by molar-refractivity contribution is 7.89.